The van der Waals surface area contributed by atoms with Crippen LogP contribution in [-0.4, -0.2) is 41.6 Å². The molecule has 0 saturated carbocycles. The van der Waals surface area contributed by atoms with Crippen LogP contribution in [0, 0.1) is 5.95 Å². The number of hydrogen-bond donors (Lipinski definition) is 2. The fourth-order valence-corrected chi connectivity index (χ4v) is 2.64. The van der Waals surface area contributed by atoms with Crippen LogP contribution < -0.4 is 10.2 Å². The third-order valence-corrected chi connectivity index (χ3v) is 3.44. The lowest BCUT2D eigenvalue weighted by molar-refractivity contribution is 0.321. The molecule has 0 radical (unpaired) electrons. The first-order valence-corrected chi connectivity index (χ1v) is 5.61. The van der Waals surface area contributed by atoms with Crippen LogP contribution in [0.3, 0.4) is 0 Å². The molecule has 2 bridgehead atoms. The molecule has 0 spiro atoms. The number of halogens is 1. The molecule has 2 saturated heterocycles. The summed E-state index contributed by atoms with van der Waals surface area (Å²) in [4.78, 5) is 5.92. The van der Waals surface area contributed by atoms with Crippen molar-refractivity contribution in [3.05, 3.63) is 23.8 Å². The minimum atomic E-state index is -0.617. The van der Waals surface area contributed by atoms with Gasteiger partial charge in [0.05, 0.1) is 23.7 Å². The van der Waals surface area contributed by atoms with E-state index in [0.717, 1.165) is 31.4 Å². The van der Waals surface area contributed by atoms with Crippen molar-refractivity contribution in [3.63, 3.8) is 0 Å². The highest BCUT2D eigenvalue weighted by Gasteiger charge is 2.37. The zero-order valence-electron chi connectivity index (χ0n) is 9.17. The lowest BCUT2D eigenvalue weighted by Gasteiger charge is -2.29. The summed E-state index contributed by atoms with van der Waals surface area (Å²) >= 11 is 0. The summed E-state index contributed by atoms with van der Waals surface area (Å²) in [6.45, 7) is 1.89. The fraction of sp³-hybridized carbons (Fsp3) is 0.455. The van der Waals surface area contributed by atoms with E-state index in [0.29, 0.717) is 12.1 Å². The van der Waals surface area contributed by atoms with Gasteiger partial charge in [-0.15, -0.1) is 0 Å². The largest absolute Gasteiger partial charge is 0.411 e. The molecule has 2 aliphatic rings. The smallest absolute Gasteiger partial charge is 0.221 e. The molecule has 90 valence electrons. The van der Waals surface area contributed by atoms with Gasteiger partial charge in [0.1, 0.15) is 0 Å². The molecule has 5 nitrogen and oxygen atoms in total. The Morgan fingerprint density at radius 3 is 3.18 bits per heavy atom. The molecular weight excluding hydrogens is 223 g/mol. The zero-order chi connectivity index (χ0) is 11.8. The van der Waals surface area contributed by atoms with Gasteiger partial charge in [-0.2, -0.15) is 4.39 Å². The number of aromatic nitrogens is 1. The molecular formula is C11H13FN4O. The molecule has 2 aliphatic heterocycles. The van der Waals surface area contributed by atoms with Crippen molar-refractivity contribution >= 4 is 11.9 Å². The van der Waals surface area contributed by atoms with Gasteiger partial charge in [0.2, 0.25) is 5.95 Å². The second kappa shape index (κ2) is 3.96. The van der Waals surface area contributed by atoms with Crippen LogP contribution in [0.25, 0.3) is 0 Å². The van der Waals surface area contributed by atoms with Crippen LogP contribution in [0.15, 0.2) is 17.4 Å². The summed E-state index contributed by atoms with van der Waals surface area (Å²) < 4.78 is 13.3. The summed E-state index contributed by atoms with van der Waals surface area (Å²) in [6.07, 6.45) is 3.73. The van der Waals surface area contributed by atoms with Crippen molar-refractivity contribution in [3.8, 4) is 0 Å². The highest BCUT2D eigenvalue weighted by Crippen LogP contribution is 2.29. The summed E-state index contributed by atoms with van der Waals surface area (Å²) in [5.74, 6) is -0.617. The summed E-state index contributed by atoms with van der Waals surface area (Å²) in [5.41, 5.74) is 1.09. The zero-order valence-corrected chi connectivity index (χ0v) is 9.17. The van der Waals surface area contributed by atoms with Gasteiger partial charge in [-0.05, 0) is 12.5 Å². The molecule has 1 aromatic rings. The molecule has 2 N–H and O–H groups in total. The monoisotopic (exact) mass is 236 g/mol. The molecule has 0 aliphatic carbocycles. The van der Waals surface area contributed by atoms with E-state index in [-0.39, 0.29) is 5.56 Å². The second-order valence-electron chi connectivity index (χ2n) is 4.47. The average Bonchev–Trinajstić information content (AvgIpc) is 2.94. The molecule has 3 heterocycles. The first-order valence-electron chi connectivity index (χ1n) is 5.61. The highest BCUT2D eigenvalue weighted by atomic mass is 19.1. The van der Waals surface area contributed by atoms with Crippen molar-refractivity contribution in [2.24, 2.45) is 5.16 Å². The predicted octanol–water partition coefficient (Wildman–Crippen LogP) is 0.579. The number of rotatable bonds is 2. The second-order valence-corrected chi connectivity index (χ2v) is 4.47. The number of pyridine rings is 1. The molecule has 17 heavy (non-hydrogen) atoms. The van der Waals surface area contributed by atoms with E-state index in [1.165, 1.54) is 6.20 Å². The molecule has 0 amide bonds. The van der Waals surface area contributed by atoms with Gasteiger partial charge >= 0.3 is 0 Å². The Labute approximate surface area is 97.9 Å². The Morgan fingerprint density at radius 1 is 1.65 bits per heavy atom. The van der Waals surface area contributed by atoms with Crippen molar-refractivity contribution in [1.29, 1.82) is 0 Å². The van der Waals surface area contributed by atoms with E-state index in [1.807, 2.05) is 0 Å². The average molecular weight is 236 g/mol. The molecule has 2 fully saturated rings. The standard InChI is InChI=1S/C11H13FN4O/c12-11-7(3-15-17)1-9(5-14-11)16-6-8-2-10(16)4-13-8/h1,3,5,8,10,13,17H,2,4,6H2/b15-3+/t8-,10-/m0/s1. The summed E-state index contributed by atoms with van der Waals surface area (Å²) in [5, 5.41) is 14.7. The topological polar surface area (TPSA) is 60.8 Å². The van der Waals surface area contributed by atoms with Crippen LogP contribution in [0.2, 0.25) is 0 Å². The Morgan fingerprint density at radius 2 is 2.53 bits per heavy atom. The number of oxime groups is 1. The van der Waals surface area contributed by atoms with Gasteiger partial charge in [0.25, 0.3) is 0 Å². The van der Waals surface area contributed by atoms with Gasteiger partial charge in [-0.1, -0.05) is 5.16 Å². The number of piperazine rings is 1. The van der Waals surface area contributed by atoms with E-state index < -0.39 is 5.95 Å². The number of nitrogens with one attached hydrogen (secondary N) is 1. The van der Waals surface area contributed by atoms with E-state index in [2.05, 4.69) is 20.4 Å². The van der Waals surface area contributed by atoms with Gasteiger partial charge in [0.15, 0.2) is 0 Å². The highest BCUT2D eigenvalue weighted by molar-refractivity contribution is 5.80. The molecule has 0 aromatic carbocycles. The third kappa shape index (κ3) is 1.74. The normalized spacial score (nSPS) is 27.2. The van der Waals surface area contributed by atoms with E-state index in [1.54, 1.807) is 6.07 Å². The van der Waals surface area contributed by atoms with Crippen LogP contribution >= 0.6 is 0 Å². The van der Waals surface area contributed by atoms with E-state index in [4.69, 9.17) is 5.21 Å². The predicted molar refractivity (Wildman–Crippen MR) is 61.1 cm³/mol. The van der Waals surface area contributed by atoms with Crippen LogP contribution in [0.1, 0.15) is 12.0 Å². The Bertz CT molecular complexity index is 465. The van der Waals surface area contributed by atoms with Gasteiger partial charge in [0, 0.05) is 25.2 Å². The Kier molecular flexibility index (Phi) is 2.44. The first kappa shape index (κ1) is 10.5. The lowest BCUT2D eigenvalue weighted by Crippen LogP contribution is -2.43. The van der Waals surface area contributed by atoms with Gasteiger partial charge in [-0.25, -0.2) is 4.98 Å². The van der Waals surface area contributed by atoms with Crippen molar-refractivity contribution in [1.82, 2.24) is 10.3 Å². The fourth-order valence-electron chi connectivity index (χ4n) is 2.64. The maximum absolute atomic E-state index is 13.3. The van der Waals surface area contributed by atoms with Crippen molar-refractivity contribution in [2.75, 3.05) is 18.0 Å². The Hall–Kier alpha value is -1.69. The molecule has 6 heteroatoms. The van der Waals surface area contributed by atoms with E-state index >= 15 is 0 Å². The van der Waals surface area contributed by atoms with Gasteiger partial charge < -0.3 is 15.4 Å². The maximum Gasteiger partial charge on any atom is 0.221 e. The Balaban J connectivity index is 1.91. The number of nitrogens with zero attached hydrogens (tertiary/aromatic N) is 3. The van der Waals surface area contributed by atoms with E-state index in [9.17, 15) is 4.39 Å². The number of hydrogen-bond acceptors (Lipinski definition) is 5. The first-order chi connectivity index (χ1) is 8.28. The van der Waals surface area contributed by atoms with Crippen molar-refractivity contribution < 1.29 is 9.60 Å². The maximum atomic E-state index is 13.3. The van der Waals surface area contributed by atoms with Crippen LogP contribution in [-0.2, 0) is 0 Å². The molecule has 3 rings (SSSR count). The molecule has 2 atom stereocenters. The number of anilines is 1. The SMILES string of the molecule is O/N=C/c1cc(N2C[C@@H]3C[C@H]2CN3)cnc1F. The van der Waals surface area contributed by atoms with Crippen LogP contribution in [0.5, 0.6) is 0 Å². The molecule has 0 unspecified atom stereocenters. The minimum Gasteiger partial charge on any atom is -0.411 e. The third-order valence-electron chi connectivity index (χ3n) is 3.44. The van der Waals surface area contributed by atoms with Gasteiger partial charge in [-0.3, -0.25) is 0 Å². The van der Waals surface area contributed by atoms with Crippen molar-refractivity contribution in [2.45, 2.75) is 18.5 Å². The molecule has 1 aromatic heterocycles. The number of fused-ring (bicyclic) bond motifs is 2. The minimum absolute atomic E-state index is 0.209. The summed E-state index contributed by atoms with van der Waals surface area (Å²) in [6, 6.07) is 2.66. The summed E-state index contributed by atoms with van der Waals surface area (Å²) in [7, 11) is 0. The van der Waals surface area contributed by atoms with Crippen LogP contribution in [0.4, 0.5) is 10.1 Å². The quantitative estimate of drug-likeness (QED) is 0.341. The lowest BCUT2D eigenvalue weighted by atomic mass is 10.2.